The normalized spacial score (nSPS) is 10.9. The Balaban J connectivity index is 2.92. The molecule has 89 valence electrons. The average Bonchev–Trinajstić information content (AvgIpc) is 2.26. The van der Waals surface area contributed by atoms with Crippen molar-refractivity contribution in [2.45, 2.75) is 71.5 Å². The summed E-state index contributed by atoms with van der Waals surface area (Å²) in [5, 5.41) is 0. The lowest BCUT2D eigenvalue weighted by atomic mass is 9.83. The van der Waals surface area contributed by atoms with Crippen LogP contribution in [0.1, 0.15) is 65.2 Å². The van der Waals surface area contributed by atoms with Gasteiger partial charge in [0.1, 0.15) is 0 Å². The van der Waals surface area contributed by atoms with Gasteiger partial charge in [0.25, 0.3) is 0 Å². The van der Waals surface area contributed by atoms with E-state index in [0.29, 0.717) is 0 Å². The zero-order chi connectivity index (χ0) is 11.4. The van der Waals surface area contributed by atoms with Gasteiger partial charge in [0, 0.05) is 0 Å². The van der Waals surface area contributed by atoms with Crippen LogP contribution in [0.4, 0.5) is 0 Å². The fourth-order valence-corrected chi connectivity index (χ4v) is 1.72. The minimum atomic E-state index is 1.14. The molecule has 15 heavy (non-hydrogen) atoms. The highest BCUT2D eigenvalue weighted by Crippen LogP contribution is 2.09. The second-order valence-electron chi connectivity index (χ2n) is 4.52. The molecule has 1 nitrogen and oxygen atoms in total. The van der Waals surface area contributed by atoms with E-state index in [0.717, 1.165) is 6.54 Å². The minimum Gasteiger partial charge on any atom is -0.349 e. The van der Waals surface area contributed by atoms with Crippen molar-refractivity contribution in [3.63, 3.8) is 0 Å². The van der Waals surface area contributed by atoms with Crippen molar-refractivity contribution in [3.8, 4) is 0 Å². The van der Waals surface area contributed by atoms with Crippen LogP contribution in [-0.4, -0.2) is 25.8 Å². The van der Waals surface area contributed by atoms with E-state index in [2.05, 4.69) is 33.1 Å². The summed E-state index contributed by atoms with van der Waals surface area (Å²) in [5.41, 5.74) is 0. The highest BCUT2D eigenvalue weighted by atomic mass is 15.0. The maximum Gasteiger partial charge on any atom is 0.208 e. The number of hydrogen-bond donors (Lipinski definition) is 0. The first-order valence-electron chi connectivity index (χ1n) is 6.84. The van der Waals surface area contributed by atoms with Crippen molar-refractivity contribution in [3.05, 3.63) is 0 Å². The van der Waals surface area contributed by atoms with E-state index < -0.39 is 0 Å². The Hall–Kier alpha value is 0.0249. The van der Waals surface area contributed by atoms with E-state index in [1.165, 1.54) is 57.7 Å². The predicted octanol–water partition coefficient (Wildman–Crippen LogP) is 4.12. The van der Waals surface area contributed by atoms with Crippen LogP contribution in [0.25, 0.3) is 0 Å². The zero-order valence-corrected chi connectivity index (χ0v) is 11.1. The third-order valence-corrected chi connectivity index (χ3v) is 3.00. The Morgan fingerprint density at radius 3 is 1.87 bits per heavy atom. The molecule has 0 saturated carbocycles. The van der Waals surface area contributed by atoms with Crippen LogP contribution in [0.15, 0.2) is 0 Å². The molecule has 0 aromatic heterocycles. The number of nitrogens with zero attached hydrogens (tertiary/aromatic N) is 1. The molecule has 0 heterocycles. The van der Waals surface area contributed by atoms with Crippen LogP contribution in [-0.2, 0) is 0 Å². The third kappa shape index (κ3) is 12.0. The molecule has 0 aliphatic heterocycles. The predicted molar refractivity (Wildman–Crippen MR) is 71.5 cm³/mol. The first-order chi connectivity index (χ1) is 7.31. The van der Waals surface area contributed by atoms with Gasteiger partial charge in [-0.2, -0.15) is 0 Å². The molecule has 2 heteroatoms. The molecule has 0 fully saturated rings. The average molecular weight is 210 g/mol. The maximum atomic E-state index is 2.33. The van der Waals surface area contributed by atoms with Gasteiger partial charge >= 0.3 is 0 Å². The van der Waals surface area contributed by atoms with Crippen molar-refractivity contribution >= 4 is 7.41 Å². The van der Waals surface area contributed by atoms with Gasteiger partial charge in [0.15, 0.2) is 0 Å². The van der Waals surface area contributed by atoms with Gasteiger partial charge in [0.05, 0.1) is 0 Å². The first kappa shape index (κ1) is 15.0. The van der Waals surface area contributed by atoms with Crippen LogP contribution in [0.2, 0.25) is 6.32 Å². The Labute approximate surface area is 97.9 Å². The lowest BCUT2D eigenvalue weighted by molar-refractivity contribution is 0.554. The van der Waals surface area contributed by atoms with Gasteiger partial charge in [-0.3, -0.25) is 0 Å². The molecular formula is C13H29BN. The minimum absolute atomic E-state index is 1.14. The molecule has 0 spiro atoms. The van der Waals surface area contributed by atoms with Crippen LogP contribution in [0, 0.1) is 0 Å². The van der Waals surface area contributed by atoms with E-state index in [4.69, 9.17) is 0 Å². The highest BCUT2D eigenvalue weighted by molar-refractivity contribution is 6.31. The molecule has 0 N–H and O–H groups in total. The van der Waals surface area contributed by atoms with Crippen LogP contribution in [0.3, 0.4) is 0 Å². The van der Waals surface area contributed by atoms with E-state index in [1.807, 2.05) is 0 Å². The number of unbranched alkanes of at least 4 members (excludes halogenated alkanes) is 7. The molecule has 0 rings (SSSR count). The van der Waals surface area contributed by atoms with Gasteiger partial charge in [-0.25, -0.2) is 0 Å². The quantitative estimate of drug-likeness (QED) is 0.366. The molecule has 0 amide bonds. The van der Waals surface area contributed by atoms with Crippen molar-refractivity contribution < 1.29 is 0 Å². The van der Waals surface area contributed by atoms with E-state index >= 15 is 0 Å². The van der Waals surface area contributed by atoms with Crippen LogP contribution in [0.5, 0.6) is 0 Å². The summed E-state index contributed by atoms with van der Waals surface area (Å²) < 4.78 is 0. The van der Waals surface area contributed by atoms with Crippen molar-refractivity contribution in [1.82, 2.24) is 4.81 Å². The second-order valence-corrected chi connectivity index (χ2v) is 4.52. The summed E-state index contributed by atoms with van der Waals surface area (Å²) in [7, 11) is 4.49. The Morgan fingerprint density at radius 1 is 0.800 bits per heavy atom. The Kier molecular flexibility index (Phi) is 12.1. The summed E-state index contributed by atoms with van der Waals surface area (Å²) in [6, 6.07) is 0. The summed E-state index contributed by atoms with van der Waals surface area (Å²) in [6.45, 7) is 5.61. The largest absolute Gasteiger partial charge is 0.349 e. The van der Waals surface area contributed by atoms with E-state index in [9.17, 15) is 0 Å². The lowest BCUT2D eigenvalue weighted by Gasteiger charge is -2.11. The van der Waals surface area contributed by atoms with Crippen molar-refractivity contribution in [1.29, 1.82) is 0 Å². The van der Waals surface area contributed by atoms with Gasteiger partial charge < -0.3 is 4.81 Å². The third-order valence-electron chi connectivity index (χ3n) is 3.00. The monoisotopic (exact) mass is 210 g/mol. The van der Waals surface area contributed by atoms with E-state index in [-0.39, 0.29) is 0 Å². The highest BCUT2D eigenvalue weighted by Gasteiger charge is 1.97. The maximum absolute atomic E-state index is 2.33. The lowest BCUT2D eigenvalue weighted by Crippen LogP contribution is -2.21. The fraction of sp³-hybridized carbons (Fsp3) is 1.00. The molecular weight excluding hydrogens is 181 g/mol. The SMILES string of the molecule is CCCCCCCCCC[B]N(C)CC. The smallest absolute Gasteiger partial charge is 0.208 e. The Morgan fingerprint density at radius 2 is 1.33 bits per heavy atom. The molecule has 0 aliphatic rings. The Bertz CT molecular complexity index is 117. The number of rotatable bonds is 11. The van der Waals surface area contributed by atoms with E-state index in [1.54, 1.807) is 0 Å². The second kappa shape index (κ2) is 12.1. The molecule has 0 aromatic carbocycles. The van der Waals surface area contributed by atoms with Crippen molar-refractivity contribution in [2.24, 2.45) is 0 Å². The standard InChI is InChI=1S/C13H29BN/c1-4-6-7-8-9-10-11-12-13-14-15(3)5-2/h4-13H2,1-3H3. The van der Waals surface area contributed by atoms with Crippen LogP contribution < -0.4 is 0 Å². The summed E-state index contributed by atoms with van der Waals surface area (Å²) >= 11 is 0. The van der Waals surface area contributed by atoms with Gasteiger partial charge in [0.2, 0.25) is 7.41 Å². The van der Waals surface area contributed by atoms with Gasteiger partial charge in [-0.05, 0) is 13.6 Å². The molecule has 0 saturated heterocycles. The summed E-state index contributed by atoms with van der Waals surface area (Å²) in [5.74, 6) is 0. The van der Waals surface area contributed by atoms with Crippen molar-refractivity contribution in [2.75, 3.05) is 13.6 Å². The summed E-state index contributed by atoms with van der Waals surface area (Å²) in [6.07, 6.45) is 12.6. The fourth-order valence-electron chi connectivity index (χ4n) is 1.72. The topological polar surface area (TPSA) is 3.24 Å². The van der Waals surface area contributed by atoms with Gasteiger partial charge in [-0.1, -0.05) is 71.5 Å². The first-order valence-corrected chi connectivity index (χ1v) is 6.84. The molecule has 0 aliphatic carbocycles. The van der Waals surface area contributed by atoms with Crippen LogP contribution >= 0.6 is 0 Å². The molecule has 1 radical (unpaired) electrons. The molecule has 0 bridgehead atoms. The number of hydrogen-bond acceptors (Lipinski definition) is 1. The molecule has 0 aromatic rings. The molecule has 0 unspecified atom stereocenters. The molecule has 0 atom stereocenters. The zero-order valence-electron chi connectivity index (χ0n) is 11.1. The summed E-state index contributed by atoms with van der Waals surface area (Å²) in [4.78, 5) is 2.28. The van der Waals surface area contributed by atoms with Gasteiger partial charge in [-0.15, -0.1) is 0 Å².